The summed E-state index contributed by atoms with van der Waals surface area (Å²) in [5, 5.41) is 33.5. The van der Waals surface area contributed by atoms with Gasteiger partial charge in [0, 0.05) is 0 Å². The summed E-state index contributed by atoms with van der Waals surface area (Å²) in [6.07, 6.45) is -1.72. The van der Waals surface area contributed by atoms with Crippen molar-refractivity contribution in [3.63, 3.8) is 0 Å². The molecular formula is C17H18FN7O4. The van der Waals surface area contributed by atoms with Crippen LogP contribution in [0.3, 0.4) is 0 Å². The maximum absolute atomic E-state index is 12.9. The number of ether oxygens (including phenoxy) is 1. The van der Waals surface area contributed by atoms with Gasteiger partial charge in [0.1, 0.15) is 29.6 Å². The van der Waals surface area contributed by atoms with Gasteiger partial charge in [-0.1, -0.05) is 12.1 Å². The Morgan fingerprint density at radius 3 is 2.69 bits per heavy atom. The molecule has 1 aliphatic rings. The molecule has 0 unspecified atom stereocenters. The molecule has 152 valence electrons. The van der Waals surface area contributed by atoms with Crippen LogP contribution in [-0.2, 0) is 4.74 Å². The van der Waals surface area contributed by atoms with Crippen LogP contribution < -0.4 is 11.2 Å². The minimum Gasteiger partial charge on any atom is -0.394 e. The number of halogens is 1. The molecular weight excluding hydrogens is 385 g/mol. The van der Waals surface area contributed by atoms with E-state index >= 15 is 0 Å². The van der Waals surface area contributed by atoms with Crippen molar-refractivity contribution in [3.8, 4) is 0 Å². The van der Waals surface area contributed by atoms with E-state index in [1.165, 1.54) is 29.2 Å². The number of nitrogens with zero attached hydrogens (tertiary/aromatic N) is 5. The lowest BCUT2D eigenvalue weighted by Gasteiger charge is -2.16. The van der Waals surface area contributed by atoms with E-state index in [1.54, 1.807) is 12.1 Å². The highest BCUT2D eigenvalue weighted by Crippen LogP contribution is 2.32. The van der Waals surface area contributed by atoms with E-state index in [4.69, 9.17) is 10.5 Å². The summed E-state index contributed by atoms with van der Waals surface area (Å²) in [5.74, 6) is -0.225. The summed E-state index contributed by atoms with van der Waals surface area (Å²) in [6, 6.07) is 5.72. The largest absolute Gasteiger partial charge is 0.394 e. The Labute approximate surface area is 163 Å². The van der Waals surface area contributed by atoms with Crippen LogP contribution in [-0.4, -0.2) is 66.0 Å². The van der Waals surface area contributed by atoms with Gasteiger partial charge in [-0.15, -0.1) is 0 Å². The van der Waals surface area contributed by atoms with Crippen LogP contribution in [0.4, 0.5) is 16.2 Å². The van der Waals surface area contributed by atoms with Crippen molar-refractivity contribution in [2.75, 3.05) is 17.8 Å². The minimum atomic E-state index is -1.30. The fourth-order valence-electron chi connectivity index (χ4n) is 3.00. The second-order valence-corrected chi connectivity index (χ2v) is 6.41. The molecule has 1 fully saturated rings. The Balaban J connectivity index is 1.61. The van der Waals surface area contributed by atoms with Crippen LogP contribution in [0.2, 0.25) is 0 Å². The Morgan fingerprint density at radius 1 is 1.24 bits per heavy atom. The summed E-state index contributed by atoms with van der Waals surface area (Å²) >= 11 is 0. The van der Waals surface area contributed by atoms with E-state index in [0.29, 0.717) is 5.56 Å². The molecule has 4 atom stereocenters. The lowest BCUT2D eigenvalue weighted by Crippen LogP contribution is -2.33. The first-order valence-electron chi connectivity index (χ1n) is 8.65. The SMILES string of the molecule is Nc1nc(N/N=C/c2ccc(F)cc2)nc2c1ncn2[C@@H]1O[C@H](CO)[C@@H](O)[C@H]1O. The zero-order valence-electron chi connectivity index (χ0n) is 14.9. The van der Waals surface area contributed by atoms with Gasteiger partial charge in [0.05, 0.1) is 19.1 Å². The molecule has 0 bridgehead atoms. The highest BCUT2D eigenvalue weighted by molar-refractivity contribution is 5.83. The van der Waals surface area contributed by atoms with Gasteiger partial charge in [0.25, 0.3) is 0 Å². The number of aliphatic hydroxyl groups excluding tert-OH is 3. The van der Waals surface area contributed by atoms with Crippen molar-refractivity contribution in [1.82, 2.24) is 19.5 Å². The number of rotatable bonds is 5. The third kappa shape index (κ3) is 3.61. The molecule has 0 aliphatic carbocycles. The average molecular weight is 403 g/mol. The number of aliphatic hydroxyl groups is 3. The van der Waals surface area contributed by atoms with Crippen molar-refractivity contribution < 1.29 is 24.4 Å². The number of fused-ring (bicyclic) bond motifs is 1. The van der Waals surface area contributed by atoms with Crippen molar-refractivity contribution in [1.29, 1.82) is 0 Å². The number of nitrogens with two attached hydrogens (primary N) is 1. The summed E-state index contributed by atoms with van der Waals surface area (Å²) in [6.45, 7) is -0.455. The third-order valence-electron chi connectivity index (χ3n) is 4.49. The summed E-state index contributed by atoms with van der Waals surface area (Å²) in [5.41, 5.74) is 9.73. The molecule has 0 radical (unpaired) electrons. The molecule has 3 aromatic rings. The fourth-order valence-corrected chi connectivity index (χ4v) is 3.00. The van der Waals surface area contributed by atoms with Gasteiger partial charge >= 0.3 is 0 Å². The normalized spacial score (nSPS) is 24.6. The number of hydrogen-bond donors (Lipinski definition) is 5. The maximum Gasteiger partial charge on any atom is 0.247 e. The van der Waals surface area contributed by atoms with Crippen molar-refractivity contribution in [3.05, 3.63) is 42.0 Å². The number of aromatic nitrogens is 4. The monoisotopic (exact) mass is 403 g/mol. The van der Waals surface area contributed by atoms with Crippen molar-refractivity contribution in [2.24, 2.45) is 5.10 Å². The molecule has 0 spiro atoms. The number of anilines is 2. The van der Waals surface area contributed by atoms with E-state index in [2.05, 4.69) is 25.5 Å². The molecule has 1 saturated heterocycles. The Morgan fingerprint density at radius 2 is 2.00 bits per heavy atom. The Bertz CT molecular complexity index is 1040. The molecule has 0 amide bonds. The highest BCUT2D eigenvalue weighted by atomic mass is 19.1. The predicted molar refractivity (Wildman–Crippen MR) is 100 cm³/mol. The molecule has 12 heteroatoms. The first kappa shape index (κ1) is 19.1. The van der Waals surface area contributed by atoms with Crippen molar-refractivity contribution >= 4 is 29.1 Å². The van der Waals surface area contributed by atoms with Gasteiger partial charge in [0.15, 0.2) is 17.7 Å². The molecule has 1 aromatic carbocycles. The number of hydrazone groups is 1. The van der Waals surface area contributed by atoms with Crippen LogP contribution >= 0.6 is 0 Å². The van der Waals surface area contributed by atoms with E-state index in [1.807, 2.05) is 0 Å². The Hall–Kier alpha value is -3.19. The zero-order valence-corrected chi connectivity index (χ0v) is 14.9. The first-order chi connectivity index (χ1) is 14.0. The first-order valence-corrected chi connectivity index (χ1v) is 8.65. The highest BCUT2D eigenvalue weighted by Gasteiger charge is 2.44. The van der Waals surface area contributed by atoms with Crippen LogP contribution in [0.15, 0.2) is 35.7 Å². The minimum absolute atomic E-state index is 0.0573. The third-order valence-corrected chi connectivity index (χ3v) is 4.49. The van der Waals surface area contributed by atoms with E-state index in [0.717, 1.165) is 0 Å². The molecule has 11 nitrogen and oxygen atoms in total. The number of hydrogen-bond acceptors (Lipinski definition) is 10. The zero-order chi connectivity index (χ0) is 20.5. The molecule has 1 aliphatic heterocycles. The van der Waals surface area contributed by atoms with Crippen molar-refractivity contribution in [2.45, 2.75) is 24.5 Å². The van der Waals surface area contributed by atoms with E-state index in [9.17, 15) is 19.7 Å². The molecule has 3 heterocycles. The van der Waals surface area contributed by atoms with Gasteiger partial charge < -0.3 is 25.8 Å². The molecule has 6 N–H and O–H groups in total. The lowest BCUT2D eigenvalue weighted by molar-refractivity contribution is -0.0511. The van der Waals surface area contributed by atoms with Crippen LogP contribution in [0.1, 0.15) is 11.8 Å². The second-order valence-electron chi connectivity index (χ2n) is 6.41. The molecule has 0 saturated carbocycles. The van der Waals surface area contributed by atoms with Gasteiger partial charge in [-0.05, 0) is 17.7 Å². The number of nitrogens with one attached hydrogen (secondary N) is 1. The molecule has 2 aromatic heterocycles. The smallest absolute Gasteiger partial charge is 0.247 e. The van der Waals surface area contributed by atoms with Crippen LogP contribution in [0.5, 0.6) is 0 Å². The maximum atomic E-state index is 12.9. The quantitative estimate of drug-likeness (QED) is 0.282. The van der Waals surface area contributed by atoms with Crippen LogP contribution in [0, 0.1) is 5.82 Å². The average Bonchev–Trinajstić information content (AvgIpc) is 3.25. The predicted octanol–water partition coefficient (Wildman–Crippen LogP) is -0.395. The molecule has 29 heavy (non-hydrogen) atoms. The lowest BCUT2D eigenvalue weighted by atomic mass is 10.1. The number of benzene rings is 1. The molecule has 4 rings (SSSR count). The summed E-state index contributed by atoms with van der Waals surface area (Å²) in [4.78, 5) is 12.5. The van der Waals surface area contributed by atoms with E-state index < -0.39 is 31.1 Å². The van der Waals surface area contributed by atoms with Crippen LogP contribution in [0.25, 0.3) is 11.2 Å². The van der Waals surface area contributed by atoms with Gasteiger partial charge in [-0.2, -0.15) is 15.1 Å². The summed E-state index contributed by atoms with van der Waals surface area (Å²) in [7, 11) is 0. The Kier molecular flexibility index (Phi) is 5.07. The van der Waals surface area contributed by atoms with E-state index in [-0.39, 0.29) is 28.7 Å². The topological polar surface area (TPSA) is 164 Å². The second kappa shape index (κ2) is 7.67. The number of nitrogen functional groups attached to an aromatic ring is 1. The van der Waals surface area contributed by atoms with Gasteiger partial charge in [0.2, 0.25) is 5.95 Å². The van der Waals surface area contributed by atoms with Gasteiger partial charge in [-0.3, -0.25) is 4.57 Å². The standard InChI is InChI=1S/C17H18FN7O4/c18-9-3-1-8(2-4-9)5-21-24-17-22-14(19)11-15(23-17)25(7-20-11)16-13(28)12(27)10(6-26)29-16/h1-5,7,10,12-13,16,26-28H,6H2,(H3,19,22,23,24)/b21-5+/t10-,12-,13-,16-/m1/s1. The summed E-state index contributed by atoms with van der Waals surface area (Å²) < 4.78 is 19.8. The fraction of sp³-hybridized carbons (Fsp3) is 0.294. The van der Waals surface area contributed by atoms with Gasteiger partial charge in [-0.25, -0.2) is 14.8 Å². The number of imidazole rings is 1.